The summed E-state index contributed by atoms with van der Waals surface area (Å²) in [6, 6.07) is 11.3. The predicted octanol–water partition coefficient (Wildman–Crippen LogP) is 3.09. The van der Waals surface area contributed by atoms with Crippen LogP contribution in [0.4, 0.5) is 11.6 Å². The third-order valence-corrected chi connectivity index (χ3v) is 6.32. The van der Waals surface area contributed by atoms with E-state index in [1.165, 1.54) is 6.33 Å². The van der Waals surface area contributed by atoms with E-state index in [9.17, 15) is 4.79 Å². The van der Waals surface area contributed by atoms with Crippen molar-refractivity contribution in [2.45, 2.75) is 25.4 Å². The van der Waals surface area contributed by atoms with Gasteiger partial charge in [0, 0.05) is 36.3 Å². The molecule has 9 nitrogen and oxygen atoms in total. The van der Waals surface area contributed by atoms with Gasteiger partial charge in [0.05, 0.1) is 22.1 Å². The highest BCUT2D eigenvalue weighted by Gasteiger charge is 2.28. The highest BCUT2D eigenvalue weighted by Crippen LogP contribution is 2.34. The van der Waals surface area contributed by atoms with Crippen molar-refractivity contribution in [2.24, 2.45) is 0 Å². The van der Waals surface area contributed by atoms with Crippen molar-refractivity contribution in [1.82, 2.24) is 25.3 Å². The Morgan fingerprint density at radius 3 is 2.97 bits per heavy atom. The van der Waals surface area contributed by atoms with E-state index in [2.05, 4.69) is 43.5 Å². The second kappa shape index (κ2) is 9.36. The molecule has 1 unspecified atom stereocenters. The maximum absolute atomic E-state index is 11.7. The number of carbonyl (C=O) groups excluding carboxylic acids is 1. The van der Waals surface area contributed by atoms with E-state index in [1.54, 1.807) is 6.20 Å². The molecule has 2 atom stereocenters. The Balaban J connectivity index is 1.52. The molecule has 1 aliphatic rings. The van der Waals surface area contributed by atoms with Crippen molar-refractivity contribution < 1.29 is 9.90 Å². The SMILES string of the molecule is C[C@H](Nc1ncnc2cccnc12)c1cc2cccc(Cl)c2nc1N1CCC(NC(=O)CO)C1. The first-order chi connectivity index (χ1) is 16.5. The summed E-state index contributed by atoms with van der Waals surface area (Å²) < 4.78 is 0. The number of carbonyl (C=O) groups is 1. The normalized spacial score (nSPS) is 16.7. The van der Waals surface area contributed by atoms with Gasteiger partial charge in [0.2, 0.25) is 5.91 Å². The maximum Gasteiger partial charge on any atom is 0.245 e. The Labute approximate surface area is 201 Å². The Morgan fingerprint density at radius 1 is 1.24 bits per heavy atom. The maximum atomic E-state index is 11.7. The number of aliphatic hydroxyl groups excluding tert-OH is 1. The van der Waals surface area contributed by atoms with Crippen LogP contribution in [0.5, 0.6) is 0 Å². The van der Waals surface area contributed by atoms with Crippen LogP contribution in [0.2, 0.25) is 5.02 Å². The van der Waals surface area contributed by atoms with Crippen LogP contribution in [0.15, 0.2) is 48.9 Å². The number of hydrogen-bond acceptors (Lipinski definition) is 8. The lowest BCUT2D eigenvalue weighted by Gasteiger charge is -2.25. The van der Waals surface area contributed by atoms with Crippen molar-refractivity contribution >= 4 is 51.1 Å². The molecule has 174 valence electrons. The lowest BCUT2D eigenvalue weighted by molar-refractivity contribution is -0.124. The molecule has 0 spiro atoms. The number of halogens is 1. The van der Waals surface area contributed by atoms with Gasteiger partial charge in [-0.3, -0.25) is 9.78 Å². The molecular formula is C24H24ClN7O2. The monoisotopic (exact) mass is 477 g/mol. The molecule has 0 saturated carbocycles. The third-order valence-electron chi connectivity index (χ3n) is 6.02. The molecule has 1 fully saturated rings. The van der Waals surface area contributed by atoms with Crippen LogP contribution < -0.4 is 15.5 Å². The van der Waals surface area contributed by atoms with Gasteiger partial charge in [0.15, 0.2) is 5.82 Å². The van der Waals surface area contributed by atoms with Gasteiger partial charge in [-0.25, -0.2) is 15.0 Å². The van der Waals surface area contributed by atoms with Gasteiger partial charge < -0.3 is 20.6 Å². The minimum absolute atomic E-state index is 0.0606. The molecule has 3 aromatic heterocycles. The fourth-order valence-corrected chi connectivity index (χ4v) is 4.59. The Bertz CT molecular complexity index is 1360. The molecule has 0 aliphatic carbocycles. The first-order valence-electron chi connectivity index (χ1n) is 11.1. The average molecular weight is 478 g/mol. The minimum Gasteiger partial charge on any atom is -0.387 e. The van der Waals surface area contributed by atoms with E-state index in [4.69, 9.17) is 21.7 Å². The molecule has 4 heterocycles. The fraction of sp³-hybridized carbons (Fsp3) is 0.292. The topological polar surface area (TPSA) is 116 Å². The molecule has 10 heteroatoms. The van der Waals surface area contributed by atoms with Crippen molar-refractivity contribution in [3.05, 3.63) is 59.5 Å². The van der Waals surface area contributed by atoms with E-state index in [1.807, 2.05) is 30.3 Å². The number of nitrogens with one attached hydrogen (secondary N) is 2. The number of aromatic nitrogens is 4. The minimum atomic E-state index is -0.520. The summed E-state index contributed by atoms with van der Waals surface area (Å²) in [5.41, 5.74) is 3.17. The number of rotatable bonds is 6. The van der Waals surface area contributed by atoms with Crippen LogP contribution in [0, 0.1) is 0 Å². The molecule has 5 rings (SSSR count). The quantitative estimate of drug-likeness (QED) is 0.388. The van der Waals surface area contributed by atoms with Crippen LogP contribution in [0.1, 0.15) is 24.9 Å². The van der Waals surface area contributed by atoms with E-state index >= 15 is 0 Å². The highest BCUT2D eigenvalue weighted by molar-refractivity contribution is 6.35. The zero-order valence-corrected chi connectivity index (χ0v) is 19.3. The molecule has 0 bridgehead atoms. The lowest BCUT2D eigenvalue weighted by Crippen LogP contribution is -2.38. The summed E-state index contributed by atoms with van der Waals surface area (Å²) >= 11 is 6.47. The first-order valence-corrected chi connectivity index (χ1v) is 11.5. The molecule has 0 radical (unpaired) electrons. The summed E-state index contributed by atoms with van der Waals surface area (Å²) in [7, 11) is 0. The molecule has 3 N–H and O–H groups in total. The van der Waals surface area contributed by atoms with Crippen LogP contribution in [0.25, 0.3) is 21.9 Å². The second-order valence-electron chi connectivity index (χ2n) is 8.33. The second-order valence-corrected chi connectivity index (χ2v) is 8.74. The largest absolute Gasteiger partial charge is 0.387 e. The van der Waals surface area contributed by atoms with E-state index in [0.29, 0.717) is 22.9 Å². The average Bonchev–Trinajstić information content (AvgIpc) is 3.32. The molecule has 1 saturated heterocycles. The van der Waals surface area contributed by atoms with E-state index < -0.39 is 6.61 Å². The fourth-order valence-electron chi connectivity index (χ4n) is 4.37. The molecule has 1 aromatic carbocycles. The van der Waals surface area contributed by atoms with Crippen molar-refractivity contribution in [3.63, 3.8) is 0 Å². The van der Waals surface area contributed by atoms with Crippen LogP contribution in [0.3, 0.4) is 0 Å². The Kier molecular flexibility index (Phi) is 6.12. The van der Waals surface area contributed by atoms with Crippen LogP contribution in [-0.4, -0.2) is 56.7 Å². The van der Waals surface area contributed by atoms with Crippen molar-refractivity contribution in [3.8, 4) is 0 Å². The number of hydrogen-bond donors (Lipinski definition) is 3. The first kappa shape index (κ1) is 22.2. The zero-order chi connectivity index (χ0) is 23.7. The Morgan fingerprint density at radius 2 is 2.12 bits per heavy atom. The molecular weight excluding hydrogens is 454 g/mol. The molecule has 1 aliphatic heterocycles. The Hall–Kier alpha value is -3.56. The van der Waals surface area contributed by atoms with Crippen molar-refractivity contribution in [2.75, 3.05) is 29.9 Å². The number of nitrogens with zero attached hydrogens (tertiary/aromatic N) is 5. The number of fused-ring (bicyclic) bond motifs is 2. The summed E-state index contributed by atoms with van der Waals surface area (Å²) in [5, 5.41) is 16.9. The predicted molar refractivity (Wildman–Crippen MR) is 132 cm³/mol. The standard InChI is InChI=1S/C24H24ClN7O2/c1-14(29-23-22-19(27-13-28-23)6-3-8-26-22)17-10-15-4-2-5-18(25)21(15)31-24(17)32-9-7-16(11-32)30-20(34)12-33/h2-6,8,10,13-14,16,33H,7,9,11-12H2,1H3,(H,30,34)(H,27,28,29)/t14-,16?/m0/s1. The summed E-state index contributed by atoms with van der Waals surface area (Å²) in [5.74, 6) is 1.07. The highest BCUT2D eigenvalue weighted by atomic mass is 35.5. The van der Waals surface area contributed by atoms with Gasteiger partial charge in [-0.2, -0.15) is 0 Å². The lowest BCUT2D eigenvalue weighted by atomic mass is 10.1. The van der Waals surface area contributed by atoms with Gasteiger partial charge >= 0.3 is 0 Å². The summed E-state index contributed by atoms with van der Waals surface area (Å²) in [6.45, 7) is 2.84. The molecule has 34 heavy (non-hydrogen) atoms. The van der Waals surface area contributed by atoms with Crippen LogP contribution >= 0.6 is 11.6 Å². The smallest absolute Gasteiger partial charge is 0.245 e. The molecule has 4 aromatic rings. The van der Waals surface area contributed by atoms with Gasteiger partial charge in [-0.05, 0) is 37.6 Å². The number of pyridine rings is 2. The number of amides is 1. The molecule has 1 amide bonds. The van der Waals surface area contributed by atoms with Gasteiger partial charge in [0.1, 0.15) is 24.3 Å². The zero-order valence-electron chi connectivity index (χ0n) is 18.6. The van der Waals surface area contributed by atoms with E-state index in [-0.39, 0.29) is 18.0 Å². The number of aliphatic hydroxyl groups is 1. The van der Waals surface area contributed by atoms with Crippen molar-refractivity contribution in [1.29, 1.82) is 0 Å². The van der Waals surface area contributed by atoms with Gasteiger partial charge in [-0.15, -0.1) is 0 Å². The number of para-hydroxylation sites is 1. The van der Waals surface area contributed by atoms with Gasteiger partial charge in [0.25, 0.3) is 0 Å². The van der Waals surface area contributed by atoms with E-state index in [0.717, 1.165) is 40.8 Å². The summed E-state index contributed by atoms with van der Waals surface area (Å²) in [4.78, 5) is 31.9. The van der Waals surface area contributed by atoms with Gasteiger partial charge in [-0.1, -0.05) is 23.7 Å². The summed E-state index contributed by atoms with van der Waals surface area (Å²) in [6.07, 6.45) is 4.00. The van der Waals surface area contributed by atoms with Crippen LogP contribution in [-0.2, 0) is 4.79 Å². The number of anilines is 2. The number of benzene rings is 1. The third kappa shape index (κ3) is 4.32.